The van der Waals surface area contributed by atoms with E-state index in [9.17, 15) is 14.4 Å². The van der Waals surface area contributed by atoms with Gasteiger partial charge in [-0.15, -0.1) is 0 Å². The Morgan fingerprint density at radius 2 is 1.91 bits per heavy atom. The Bertz CT molecular complexity index is 1850. The van der Waals surface area contributed by atoms with Crippen LogP contribution in [0.4, 0.5) is 25.3 Å². The molecule has 0 unspecified atom stereocenters. The number of amides is 1. The highest BCUT2D eigenvalue weighted by Gasteiger charge is 2.54. The van der Waals surface area contributed by atoms with Crippen molar-refractivity contribution in [1.29, 1.82) is 5.26 Å². The Hall–Kier alpha value is -4.18. The van der Waals surface area contributed by atoms with Crippen LogP contribution in [0.3, 0.4) is 0 Å². The predicted molar refractivity (Wildman–Crippen MR) is 161 cm³/mol. The highest BCUT2D eigenvalue weighted by Crippen LogP contribution is 2.46. The van der Waals surface area contributed by atoms with Crippen molar-refractivity contribution in [1.82, 2.24) is 14.9 Å². The molecule has 6 heterocycles. The lowest BCUT2D eigenvalue weighted by atomic mass is 9.72. The van der Waals surface area contributed by atoms with Crippen molar-refractivity contribution in [3.63, 3.8) is 0 Å². The van der Waals surface area contributed by atoms with E-state index in [-0.39, 0.29) is 35.2 Å². The number of carbonyl (C=O) groups is 1. The van der Waals surface area contributed by atoms with Crippen LogP contribution in [0.1, 0.15) is 22.6 Å². The van der Waals surface area contributed by atoms with Gasteiger partial charge >= 0.3 is 0 Å². The van der Waals surface area contributed by atoms with Gasteiger partial charge < -0.3 is 24.2 Å². The van der Waals surface area contributed by atoms with E-state index < -0.39 is 5.82 Å². The molecule has 12 heteroatoms. The van der Waals surface area contributed by atoms with Crippen LogP contribution in [-0.2, 0) is 27.5 Å². The zero-order chi connectivity index (χ0) is 30.2. The SMILES string of the molecule is CN(c1nc(-c2ccc(F)cc2)c(C#N)s1)c1c2c(nc3c(F)cc(N4CC5(CN(C(=O)[C@H]6CCOC6)C5)C4)cc13)COC2. The number of pyridine rings is 1. The van der Waals surface area contributed by atoms with Gasteiger partial charge in [0.05, 0.1) is 37.1 Å². The van der Waals surface area contributed by atoms with Gasteiger partial charge in [0.2, 0.25) is 5.91 Å². The molecule has 4 aliphatic rings. The first-order valence-corrected chi connectivity index (χ1v) is 15.4. The summed E-state index contributed by atoms with van der Waals surface area (Å²) in [6, 6.07) is 11.6. The highest BCUT2D eigenvalue weighted by molar-refractivity contribution is 7.16. The molecule has 0 N–H and O–H groups in total. The highest BCUT2D eigenvalue weighted by atomic mass is 32.1. The quantitative estimate of drug-likeness (QED) is 0.311. The van der Waals surface area contributed by atoms with Crippen molar-refractivity contribution in [2.75, 3.05) is 56.2 Å². The third-order valence-electron chi connectivity index (χ3n) is 9.19. The maximum absolute atomic E-state index is 15.8. The number of likely N-dealkylation sites (tertiary alicyclic amines) is 1. The number of nitriles is 1. The van der Waals surface area contributed by atoms with Crippen molar-refractivity contribution in [2.45, 2.75) is 19.6 Å². The summed E-state index contributed by atoms with van der Waals surface area (Å²) in [5.74, 6) is -0.631. The second-order valence-corrected chi connectivity index (χ2v) is 13.1. The van der Waals surface area contributed by atoms with Crippen LogP contribution in [0.5, 0.6) is 0 Å². The number of nitrogens with zero attached hydrogens (tertiary/aromatic N) is 6. The molecule has 3 saturated heterocycles. The number of benzene rings is 2. The van der Waals surface area contributed by atoms with Crippen LogP contribution >= 0.6 is 11.3 Å². The first-order valence-electron chi connectivity index (χ1n) is 14.6. The lowest BCUT2D eigenvalue weighted by Crippen LogP contribution is -2.73. The molecule has 0 saturated carbocycles. The smallest absolute Gasteiger partial charge is 0.228 e. The number of anilines is 3. The molecule has 2 aromatic heterocycles. The molecule has 9 nitrogen and oxygen atoms in total. The fraction of sp³-hybridized carbons (Fsp3) is 0.375. The molecule has 0 radical (unpaired) electrons. The summed E-state index contributed by atoms with van der Waals surface area (Å²) < 4.78 is 40.5. The molecule has 8 rings (SSSR count). The van der Waals surface area contributed by atoms with Crippen molar-refractivity contribution < 1.29 is 23.0 Å². The van der Waals surface area contributed by atoms with E-state index in [1.54, 1.807) is 12.1 Å². The first kappa shape index (κ1) is 27.4. The van der Waals surface area contributed by atoms with Gasteiger partial charge in [0.1, 0.15) is 28.0 Å². The summed E-state index contributed by atoms with van der Waals surface area (Å²) in [6.07, 6.45) is 0.788. The van der Waals surface area contributed by atoms with E-state index in [0.29, 0.717) is 52.2 Å². The van der Waals surface area contributed by atoms with E-state index in [1.165, 1.54) is 29.5 Å². The average molecular weight is 615 g/mol. The van der Waals surface area contributed by atoms with Gasteiger partial charge in [0.15, 0.2) is 10.9 Å². The number of ether oxygens (including phenoxy) is 2. The van der Waals surface area contributed by atoms with E-state index in [0.717, 1.165) is 49.5 Å². The fourth-order valence-electron chi connectivity index (χ4n) is 6.95. The molecular formula is C32H28F2N6O3S. The maximum atomic E-state index is 15.8. The van der Waals surface area contributed by atoms with Crippen molar-refractivity contribution >= 4 is 44.7 Å². The summed E-state index contributed by atoms with van der Waals surface area (Å²) in [5.41, 5.74) is 4.43. The Kier molecular flexibility index (Phi) is 6.34. The second-order valence-electron chi connectivity index (χ2n) is 12.2. The van der Waals surface area contributed by atoms with Crippen LogP contribution < -0.4 is 9.80 Å². The van der Waals surface area contributed by atoms with Crippen LogP contribution in [0.2, 0.25) is 0 Å². The Balaban J connectivity index is 1.11. The van der Waals surface area contributed by atoms with Gasteiger partial charge in [-0.25, -0.2) is 18.7 Å². The normalized spacial score (nSPS) is 20.0. The maximum Gasteiger partial charge on any atom is 0.228 e. The number of rotatable bonds is 5. The summed E-state index contributed by atoms with van der Waals surface area (Å²) in [7, 11) is 1.85. The predicted octanol–water partition coefficient (Wildman–Crippen LogP) is 4.99. The van der Waals surface area contributed by atoms with E-state index in [4.69, 9.17) is 14.5 Å². The summed E-state index contributed by atoms with van der Waals surface area (Å²) in [5, 5.41) is 11.1. The Morgan fingerprint density at radius 3 is 2.64 bits per heavy atom. The largest absolute Gasteiger partial charge is 0.381 e. The Morgan fingerprint density at radius 1 is 1.11 bits per heavy atom. The number of aromatic nitrogens is 2. The summed E-state index contributed by atoms with van der Waals surface area (Å²) in [4.78, 5) is 28.6. The van der Waals surface area contributed by atoms with Gasteiger partial charge in [0, 0.05) is 67.4 Å². The van der Waals surface area contributed by atoms with Crippen LogP contribution in [-0.4, -0.2) is 67.2 Å². The van der Waals surface area contributed by atoms with E-state index >= 15 is 4.39 Å². The van der Waals surface area contributed by atoms with Gasteiger partial charge in [0.25, 0.3) is 0 Å². The molecule has 224 valence electrons. The van der Waals surface area contributed by atoms with Gasteiger partial charge in [-0.1, -0.05) is 11.3 Å². The molecule has 0 bridgehead atoms. The number of carbonyl (C=O) groups excluding carboxylic acids is 1. The summed E-state index contributed by atoms with van der Waals surface area (Å²) >= 11 is 1.22. The molecule has 0 aliphatic carbocycles. The second kappa shape index (κ2) is 10.2. The minimum Gasteiger partial charge on any atom is -0.381 e. The molecule has 1 amide bonds. The minimum absolute atomic E-state index is 0.0272. The zero-order valence-corrected chi connectivity index (χ0v) is 24.8. The number of thiazole rings is 1. The van der Waals surface area contributed by atoms with Gasteiger partial charge in [-0.3, -0.25) is 4.79 Å². The molecule has 44 heavy (non-hydrogen) atoms. The number of hydrogen-bond acceptors (Lipinski definition) is 9. The number of halogens is 2. The molecule has 1 atom stereocenters. The zero-order valence-electron chi connectivity index (χ0n) is 24.0. The standard InChI is InChI=1S/C32H28F2N6O3S/c1-38(31-37-27(26(10-35)44-31)18-2-4-20(33)5-3-18)29-22-8-21(9-24(34)28(22)36-25-13-43-12-23(25)29)39-14-32(15-39)16-40(17-32)30(41)19-6-7-42-11-19/h2-5,8-9,19H,6-7,11-17H2,1H3/t19-/m0/s1. The molecular weight excluding hydrogens is 586 g/mol. The molecule has 3 fully saturated rings. The number of fused-ring (bicyclic) bond motifs is 2. The molecule has 2 aromatic carbocycles. The molecule has 4 aliphatic heterocycles. The van der Waals surface area contributed by atoms with Gasteiger partial charge in [-0.2, -0.15) is 5.26 Å². The van der Waals surface area contributed by atoms with E-state index in [1.807, 2.05) is 22.9 Å². The van der Waals surface area contributed by atoms with Gasteiger partial charge in [-0.05, 0) is 42.8 Å². The topological polar surface area (TPSA) is 94.8 Å². The van der Waals surface area contributed by atoms with Crippen LogP contribution in [0.25, 0.3) is 22.2 Å². The van der Waals surface area contributed by atoms with Crippen molar-refractivity contribution in [2.24, 2.45) is 11.3 Å². The lowest BCUT2D eigenvalue weighted by Gasteiger charge is -2.61. The monoisotopic (exact) mass is 614 g/mol. The molecule has 1 spiro atoms. The third-order valence-corrected chi connectivity index (χ3v) is 10.2. The fourth-order valence-corrected chi connectivity index (χ4v) is 7.80. The summed E-state index contributed by atoms with van der Waals surface area (Å²) in [6.45, 7) is 4.70. The minimum atomic E-state index is -0.418. The average Bonchev–Trinajstić information content (AvgIpc) is 3.76. The molecule has 4 aromatic rings. The Labute approximate surface area is 256 Å². The number of hydrogen-bond donors (Lipinski definition) is 0. The van der Waals surface area contributed by atoms with Crippen LogP contribution in [0, 0.1) is 34.3 Å². The van der Waals surface area contributed by atoms with Crippen molar-refractivity contribution in [3.8, 4) is 17.3 Å². The third kappa shape index (κ3) is 4.33. The van der Waals surface area contributed by atoms with Crippen LogP contribution in [0.15, 0.2) is 36.4 Å². The first-order chi connectivity index (χ1) is 21.3. The van der Waals surface area contributed by atoms with E-state index in [2.05, 4.69) is 16.0 Å². The van der Waals surface area contributed by atoms with Crippen molar-refractivity contribution in [3.05, 3.63) is 64.2 Å². The lowest BCUT2D eigenvalue weighted by molar-refractivity contribution is -0.149.